The van der Waals surface area contributed by atoms with Crippen LogP contribution in [0, 0.1) is 0 Å². The first kappa shape index (κ1) is 19.3. The predicted molar refractivity (Wildman–Crippen MR) is 101 cm³/mol. The molecule has 144 valence electrons. The number of likely N-dealkylation sites (tertiary alicyclic amines) is 1. The molecule has 1 aromatic rings. The normalized spacial score (nSPS) is 21.2. The minimum absolute atomic E-state index is 0. The summed E-state index contributed by atoms with van der Waals surface area (Å²) in [7, 11) is 0. The van der Waals surface area contributed by atoms with Crippen molar-refractivity contribution >= 4 is 18.4 Å². The fourth-order valence-electron chi connectivity index (χ4n) is 4.34. The highest BCUT2D eigenvalue weighted by molar-refractivity contribution is 5.85. The minimum atomic E-state index is -0.513. The van der Waals surface area contributed by atoms with Crippen molar-refractivity contribution in [2.45, 2.75) is 43.9 Å². The molecule has 1 saturated heterocycles. The lowest BCUT2D eigenvalue weighted by molar-refractivity contribution is -0.151. The van der Waals surface area contributed by atoms with E-state index in [2.05, 4.69) is 4.90 Å². The van der Waals surface area contributed by atoms with E-state index >= 15 is 0 Å². The molecule has 1 aliphatic carbocycles. The van der Waals surface area contributed by atoms with Gasteiger partial charge in [-0.1, -0.05) is 18.9 Å². The number of nitrogens with zero attached hydrogens (tertiary/aromatic N) is 1. The Balaban J connectivity index is 0.00000196. The van der Waals surface area contributed by atoms with Gasteiger partial charge in [0.15, 0.2) is 11.5 Å². The van der Waals surface area contributed by atoms with Crippen LogP contribution in [0.4, 0.5) is 0 Å². The highest BCUT2D eigenvalue weighted by atomic mass is 35.5. The molecule has 4 rings (SSSR count). The number of benzene rings is 1. The van der Waals surface area contributed by atoms with Gasteiger partial charge in [-0.2, -0.15) is 0 Å². The van der Waals surface area contributed by atoms with Crippen LogP contribution in [0.15, 0.2) is 18.2 Å². The molecule has 2 heterocycles. The van der Waals surface area contributed by atoms with E-state index in [9.17, 15) is 4.79 Å². The SMILES string of the molecule is Cl.O=C(OCCN1CCCC1)C1(c2ccc3c(c2)OCCO3)CCCC1. The molecule has 26 heavy (non-hydrogen) atoms. The molecule has 6 heteroatoms. The largest absolute Gasteiger partial charge is 0.486 e. The predicted octanol–water partition coefficient (Wildman–Crippen LogP) is 3.33. The van der Waals surface area contributed by atoms with Crippen molar-refractivity contribution in [3.8, 4) is 11.5 Å². The van der Waals surface area contributed by atoms with Crippen molar-refractivity contribution < 1.29 is 19.0 Å². The lowest BCUT2D eigenvalue weighted by Crippen LogP contribution is -2.36. The minimum Gasteiger partial charge on any atom is -0.486 e. The van der Waals surface area contributed by atoms with Gasteiger partial charge >= 0.3 is 5.97 Å². The van der Waals surface area contributed by atoms with Gasteiger partial charge in [-0.25, -0.2) is 0 Å². The van der Waals surface area contributed by atoms with Crippen LogP contribution >= 0.6 is 12.4 Å². The number of hydrogen-bond donors (Lipinski definition) is 0. The second-order valence-electron chi connectivity index (χ2n) is 7.33. The van der Waals surface area contributed by atoms with Crippen LogP contribution in [0.5, 0.6) is 11.5 Å². The van der Waals surface area contributed by atoms with Gasteiger partial charge in [0.05, 0.1) is 5.41 Å². The van der Waals surface area contributed by atoms with Gasteiger partial charge in [-0.05, 0) is 56.5 Å². The van der Waals surface area contributed by atoms with Crippen molar-refractivity contribution in [1.29, 1.82) is 0 Å². The van der Waals surface area contributed by atoms with Crippen LogP contribution < -0.4 is 9.47 Å². The van der Waals surface area contributed by atoms with Gasteiger partial charge in [-0.15, -0.1) is 12.4 Å². The molecule has 0 bridgehead atoms. The first-order valence-corrected chi connectivity index (χ1v) is 9.58. The fourth-order valence-corrected chi connectivity index (χ4v) is 4.34. The summed E-state index contributed by atoms with van der Waals surface area (Å²) in [5.74, 6) is 1.45. The molecule has 0 N–H and O–H groups in total. The van der Waals surface area contributed by atoms with E-state index in [1.54, 1.807) is 0 Å². The number of carbonyl (C=O) groups excluding carboxylic acids is 1. The zero-order valence-electron chi connectivity index (χ0n) is 15.2. The number of fused-ring (bicyclic) bond motifs is 1. The first-order valence-electron chi connectivity index (χ1n) is 9.58. The van der Waals surface area contributed by atoms with E-state index in [-0.39, 0.29) is 18.4 Å². The summed E-state index contributed by atoms with van der Waals surface area (Å²) in [4.78, 5) is 15.4. The number of esters is 1. The smallest absolute Gasteiger partial charge is 0.316 e. The summed E-state index contributed by atoms with van der Waals surface area (Å²) in [5, 5.41) is 0. The van der Waals surface area contributed by atoms with Gasteiger partial charge in [-0.3, -0.25) is 9.69 Å². The van der Waals surface area contributed by atoms with Crippen molar-refractivity contribution in [2.75, 3.05) is 39.5 Å². The summed E-state index contributed by atoms with van der Waals surface area (Å²) < 4.78 is 17.1. The van der Waals surface area contributed by atoms with Crippen molar-refractivity contribution in [1.82, 2.24) is 4.90 Å². The molecule has 1 aromatic carbocycles. The standard InChI is InChI=1S/C20H27NO4.ClH/c22-19(25-12-11-21-9-3-4-10-21)20(7-1-2-8-20)16-5-6-17-18(15-16)24-14-13-23-17;/h5-6,15H,1-4,7-14H2;1H. The summed E-state index contributed by atoms with van der Waals surface area (Å²) >= 11 is 0. The zero-order chi connectivity index (χ0) is 17.1. The third-order valence-electron chi connectivity index (χ3n) is 5.78. The molecule has 2 fully saturated rings. The molecule has 2 aliphatic heterocycles. The average Bonchev–Trinajstić information content (AvgIpc) is 3.34. The van der Waals surface area contributed by atoms with Crippen LogP contribution in [0.25, 0.3) is 0 Å². The summed E-state index contributed by atoms with van der Waals surface area (Å²) in [6, 6.07) is 5.93. The molecule has 0 aromatic heterocycles. The Morgan fingerprint density at radius 2 is 1.73 bits per heavy atom. The van der Waals surface area contributed by atoms with E-state index in [1.807, 2.05) is 18.2 Å². The molecule has 0 unspecified atom stereocenters. The molecule has 3 aliphatic rings. The molecule has 0 radical (unpaired) electrons. The van der Waals surface area contributed by atoms with E-state index in [0.717, 1.165) is 62.4 Å². The molecule has 0 spiro atoms. The van der Waals surface area contributed by atoms with Crippen LogP contribution in [-0.2, 0) is 14.9 Å². The number of rotatable bonds is 5. The van der Waals surface area contributed by atoms with Gasteiger partial charge in [0.2, 0.25) is 0 Å². The van der Waals surface area contributed by atoms with Gasteiger partial charge in [0, 0.05) is 6.54 Å². The monoisotopic (exact) mass is 381 g/mol. The Morgan fingerprint density at radius 1 is 1.04 bits per heavy atom. The summed E-state index contributed by atoms with van der Waals surface area (Å²) in [6.07, 6.45) is 6.36. The number of halogens is 1. The maximum atomic E-state index is 13.0. The third kappa shape index (κ3) is 3.79. The topological polar surface area (TPSA) is 48.0 Å². The maximum absolute atomic E-state index is 13.0. The lowest BCUT2D eigenvalue weighted by Gasteiger charge is -2.29. The van der Waals surface area contributed by atoms with Crippen molar-refractivity contribution in [3.05, 3.63) is 23.8 Å². The highest BCUT2D eigenvalue weighted by Gasteiger charge is 2.44. The van der Waals surface area contributed by atoms with Crippen LogP contribution in [-0.4, -0.2) is 50.3 Å². The molecule has 5 nitrogen and oxygen atoms in total. The Labute approximate surface area is 161 Å². The van der Waals surface area contributed by atoms with Gasteiger partial charge < -0.3 is 14.2 Å². The van der Waals surface area contributed by atoms with E-state index in [4.69, 9.17) is 14.2 Å². The zero-order valence-corrected chi connectivity index (χ0v) is 16.0. The number of hydrogen-bond acceptors (Lipinski definition) is 5. The van der Waals surface area contributed by atoms with Crippen LogP contribution in [0.3, 0.4) is 0 Å². The fraction of sp³-hybridized carbons (Fsp3) is 0.650. The van der Waals surface area contributed by atoms with Crippen LogP contribution in [0.2, 0.25) is 0 Å². The Bertz CT molecular complexity index is 624. The Kier molecular flexibility index (Phi) is 6.30. The molecule has 1 saturated carbocycles. The van der Waals surface area contributed by atoms with Crippen molar-refractivity contribution in [3.63, 3.8) is 0 Å². The van der Waals surface area contributed by atoms with E-state index in [0.29, 0.717) is 19.8 Å². The Hall–Kier alpha value is -1.46. The average molecular weight is 382 g/mol. The molecule has 0 atom stereocenters. The van der Waals surface area contributed by atoms with Gasteiger partial charge in [0.25, 0.3) is 0 Å². The second-order valence-corrected chi connectivity index (χ2v) is 7.33. The Morgan fingerprint density at radius 3 is 2.46 bits per heavy atom. The summed E-state index contributed by atoms with van der Waals surface area (Å²) in [5.41, 5.74) is 0.501. The maximum Gasteiger partial charge on any atom is 0.316 e. The summed E-state index contributed by atoms with van der Waals surface area (Å²) in [6.45, 7) is 4.74. The van der Waals surface area contributed by atoms with Crippen LogP contribution in [0.1, 0.15) is 44.1 Å². The van der Waals surface area contributed by atoms with Crippen molar-refractivity contribution in [2.24, 2.45) is 0 Å². The number of carbonyl (C=O) groups is 1. The second kappa shape index (κ2) is 8.49. The molecule has 0 amide bonds. The number of ether oxygens (including phenoxy) is 3. The van der Waals surface area contributed by atoms with E-state index < -0.39 is 5.41 Å². The molecular formula is C20H28ClNO4. The molecular weight excluding hydrogens is 354 g/mol. The lowest BCUT2D eigenvalue weighted by atomic mass is 9.78. The van der Waals surface area contributed by atoms with E-state index in [1.165, 1.54) is 12.8 Å². The third-order valence-corrected chi connectivity index (χ3v) is 5.78. The quantitative estimate of drug-likeness (QED) is 0.732. The highest BCUT2D eigenvalue weighted by Crippen LogP contribution is 2.45. The van der Waals surface area contributed by atoms with Gasteiger partial charge in [0.1, 0.15) is 19.8 Å². The first-order chi connectivity index (χ1) is 12.3.